The lowest BCUT2D eigenvalue weighted by Gasteiger charge is -1.98. The summed E-state index contributed by atoms with van der Waals surface area (Å²) in [6.45, 7) is 14.2. The molecule has 0 radical (unpaired) electrons. The summed E-state index contributed by atoms with van der Waals surface area (Å²) >= 11 is 0. The summed E-state index contributed by atoms with van der Waals surface area (Å²) < 4.78 is 0. The van der Waals surface area contributed by atoms with E-state index in [1.807, 2.05) is 74.8 Å². The predicted octanol–water partition coefficient (Wildman–Crippen LogP) is 10.1. The van der Waals surface area contributed by atoms with Gasteiger partial charge >= 0.3 is 0 Å². The van der Waals surface area contributed by atoms with Crippen LogP contribution in [0.1, 0.15) is 33.9 Å². The van der Waals surface area contributed by atoms with Gasteiger partial charge in [-0.3, -0.25) is 9.97 Å². The molecule has 0 fully saturated rings. The van der Waals surface area contributed by atoms with Gasteiger partial charge in [-0.15, -0.1) is 20.4 Å². The Morgan fingerprint density at radius 2 is 1.11 bits per heavy atom. The van der Waals surface area contributed by atoms with Crippen LogP contribution >= 0.6 is 8.19 Å². The van der Waals surface area contributed by atoms with Crippen molar-refractivity contribution in [2.24, 2.45) is 6.55 Å². The van der Waals surface area contributed by atoms with Crippen molar-refractivity contribution < 1.29 is 0 Å². The van der Waals surface area contributed by atoms with Crippen LogP contribution in [-0.2, 0) is 6.55 Å². The second kappa shape index (κ2) is 22.9. The van der Waals surface area contributed by atoms with E-state index in [2.05, 4.69) is 144 Å². The summed E-state index contributed by atoms with van der Waals surface area (Å²) in [5.41, 5.74) is 12.4. The predicted molar refractivity (Wildman–Crippen MR) is 229 cm³/mol. The summed E-state index contributed by atoms with van der Waals surface area (Å²) in [6.07, 6.45) is 8.64. The van der Waals surface area contributed by atoms with Crippen molar-refractivity contribution in [3.63, 3.8) is 0 Å². The molecular formula is C44H46N9PSi. The first-order valence-corrected chi connectivity index (χ1v) is 20.9. The van der Waals surface area contributed by atoms with Crippen LogP contribution in [-0.4, -0.2) is 53.9 Å². The maximum absolute atomic E-state index is 4.31. The van der Waals surface area contributed by atoms with Crippen LogP contribution in [0.2, 0.25) is 0 Å². The number of aromatic nitrogens is 9. The minimum absolute atomic E-state index is 0.208. The van der Waals surface area contributed by atoms with E-state index < -0.39 is 0 Å². The zero-order valence-corrected chi connectivity index (χ0v) is 34.3. The molecule has 0 aliphatic heterocycles. The first-order valence-electron chi connectivity index (χ1n) is 17.7. The Bertz CT molecular complexity index is 2320. The molecule has 3 aromatic carbocycles. The number of pyridine rings is 1. The van der Waals surface area contributed by atoms with Gasteiger partial charge in [0.1, 0.15) is 0 Å². The molecule has 6 heterocycles. The molecule has 0 saturated heterocycles. The summed E-state index contributed by atoms with van der Waals surface area (Å²) in [5, 5.41) is 26.7. The lowest BCUT2D eigenvalue weighted by Crippen LogP contribution is -1.90. The number of hydrogen-bond acceptors (Lipinski definition) is 9. The van der Waals surface area contributed by atoms with Crippen molar-refractivity contribution in [1.29, 1.82) is 0 Å². The van der Waals surface area contributed by atoms with E-state index in [9.17, 15) is 0 Å². The van der Waals surface area contributed by atoms with Crippen molar-refractivity contribution in [2.75, 3.05) is 0 Å². The normalized spacial score (nSPS) is 9.73. The van der Waals surface area contributed by atoms with Gasteiger partial charge in [-0.25, -0.2) is 4.98 Å². The van der Waals surface area contributed by atoms with Gasteiger partial charge in [-0.1, -0.05) is 122 Å². The molecule has 55 heavy (non-hydrogen) atoms. The second-order valence-corrected chi connectivity index (χ2v) is 15.5. The van der Waals surface area contributed by atoms with Crippen molar-refractivity contribution in [3.05, 3.63) is 185 Å². The Hall–Kier alpha value is -6.09. The van der Waals surface area contributed by atoms with Gasteiger partial charge in [0.25, 0.3) is 0 Å². The maximum atomic E-state index is 4.31. The highest BCUT2D eigenvalue weighted by molar-refractivity contribution is 7.28. The third-order valence-electron chi connectivity index (χ3n) is 7.76. The third-order valence-corrected chi connectivity index (χ3v) is 9.79. The summed E-state index contributed by atoms with van der Waals surface area (Å²) in [7, 11) is 1.10. The molecule has 0 N–H and O–H groups in total. The van der Waals surface area contributed by atoms with Crippen molar-refractivity contribution >= 4 is 49.2 Å². The van der Waals surface area contributed by atoms with Gasteiger partial charge in [-0.05, 0) is 76.2 Å². The monoisotopic (exact) mass is 759 g/mol. The molecular weight excluding hydrogens is 714 g/mol. The van der Waals surface area contributed by atoms with E-state index >= 15 is 0 Å². The highest BCUT2D eigenvalue weighted by Gasteiger charge is 1.96. The zero-order valence-electron chi connectivity index (χ0n) is 32.4. The minimum atomic E-state index is -0.208. The molecule has 0 aliphatic carbocycles. The average Bonchev–Trinajstić information content (AvgIpc) is 3.21. The number of benzene rings is 3. The molecule has 6 aromatic heterocycles. The third kappa shape index (κ3) is 15.0. The smallest absolute Gasteiger partial charge is 0.170 e. The van der Waals surface area contributed by atoms with Crippen molar-refractivity contribution in [1.82, 2.24) is 45.5 Å². The van der Waals surface area contributed by atoms with Gasteiger partial charge in [0, 0.05) is 43.1 Å². The van der Waals surface area contributed by atoms with E-state index in [1.165, 1.54) is 47.4 Å². The Balaban J connectivity index is 0.000000148. The van der Waals surface area contributed by atoms with E-state index in [4.69, 9.17) is 0 Å². The molecule has 0 amide bonds. The van der Waals surface area contributed by atoms with E-state index in [1.54, 1.807) is 19.3 Å². The molecule has 9 rings (SSSR count). The SMILES string of the molecule is Cc1cc[si](C)cc1.Cc1ccpcc1.Cc1cnc2ccccc2n1.Cc1cncc2ccccc12.Cc1nncc2ccccc12.Cc1nncnn1. The average molecular weight is 760 g/mol. The van der Waals surface area contributed by atoms with Crippen LogP contribution in [0.5, 0.6) is 0 Å². The Morgan fingerprint density at radius 1 is 0.527 bits per heavy atom. The number of hydrogen-bond donors (Lipinski definition) is 0. The first kappa shape index (κ1) is 41.7. The Kier molecular flexibility index (Phi) is 17.3. The van der Waals surface area contributed by atoms with E-state index in [0.29, 0.717) is 5.82 Å². The Labute approximate surface area is 326 Å². The topological polar surface area (TPSA) is 116 Å². The second-order valence-electron chi connectivity index (χ2n) is 12.5. The fraction of sp³-hybridized carbons (Fsp3) is 0.159. The minimum Gasteiger partial charge on any atom is -0.264 e. The molecule has 9 nitrogen and oxygen atoms in total. The van der Waals surface area contributed by atoms with Gasteiger partial charge in [0.2, 0.25) is 0 Å². The lowest BCUT2D eigenvalue weighted by molar-refractivity contribution is 0.806. The highest BCUT2D eigenvalue weighted by Crippen LogP contribution is 2.15. The number of para-hydroxylation sites is 2. The molecule has 0 saturated carbocycles. The molecule has 0 bridgehead atoms. The Morgan fingerprint density at radius 3 is 1.67 bits per heavy atom. The van der Waals surface area contributed by atoms with Gasteiger partial charge in [0.05, 0.1) is 28.6 Å². The van der Waals surface area contributed by atoms with Crippen LogP contribution in [0.3, 0.4) is 0 Å². The van der Waals surface area contributed by atoms with Gasteiger partial charge in [0.15, 0.2) is 12.2 Å². The molecule has 9 aromatic rings. The van der Waals surface area contributed by atoms with Crippen molar-refractivity contribution in [2.45, 2.75) is 41.5 Å². The number of nitrogens with zero attached hydrogens (tertiary/aromatic N) is 9. The molecule has 0 unspecified atom stereocenters. The molecule has 11 heteroatoms. The maximum Gasteiger partial charge on any atom is 0.170 e. The number of fused-ring (bicyclic) bond motifs is 3. The number of aryl methyl sites for hydroxylation is 7. The van der Waals surface area contributed by atoms with Crippen LogP contribution in [0.25, 0.3) is 32.6 Å². The highest BCUT2D eigenvalue weighted by atomic mass is 31.0. The van der Waals surface area contributed by atoms with Crippen LogP contribution in [0.4, 0.5) is 0 Å². The van der Waals surface area contributed by atoms with Crippen LogP contribution in [0, 0.1) is 41.5 Å². The molecule has 0 aliphatic rings. The van der Waals surface area contributed by atoms with E-state index in [-0.39, 0.29) is 8.40 Å². The molecule has 0 atom stereocenters. The van der Waals surface area contributed by atoms with Gasteiger partial charge in [-0.2, -0.15) is 10.2 Å². The lowest BCUT2D eigenvalue weighted by atomic mass is 10.1. The van der Waals surface area contributed by atoms with Crippen molar-refractivity contribution in [3.8, 4) is 0 Å². The first-order chi connectivity index (χ1) is 26.7. The van der Waals surface area contributed by atoms with Gasteiger partial charge < -0.3 is 0 Å². The number of rotatable bonds is 0. The zero-order chi connectivity index (χ0) is 39.3. The van der Waals surface area contributed by atoms with Crippen LogP contribution in [0.15, 0.2) is 151 Å². The van der Waals surface area contributed by atoms with E-state index in [0.717, 1.165) is 27.8 Å². The standard InChI is InChI=1S/C10H9N.2C9H8N2.C7H10Si.C6H7P.C3H4N4/c1-8-6-11-7-9-4-2-3-5-10(8)9;1-7-9-5-3-2-4-8(9)6-10-11-7;1-7-6-10-8-4-2-3-5-9(8)11-7;1-7-3-5-8(2)6-4-7;1-6-2-4-7-5-3-6;1-3-6-4-2-5-7-3/h2-7H,1H3;2*2-6H,1H3;3-6H,1-2H3;2-5H,1H3;2H,1H3. The summed E-state index contributed by atoms with van der Waals surface area (Å²) in [4.78, 5) is 12.6. The summed E-state index contributed by atoms with van der Waals surface area (Å²) in [6, 6.07) is 32.9. The largest absolute Gasteiger partial charge is 0.264 e. The summed E-state index contributed by atoms with van der Waals surface area (Å²) in [5.74, 6) is 4.87. The fourth-order valence-corrected chi connectivity index (χ4v) is 6.72. The van der Waals surface area contributed by atoms with Crippen LogP contribution < -0.4 is 0 Å². The fourth-order valence-electron chi connectivity index (χ4n) is 4.81. The quantitative estimate of drug-likeness (QED) is 0.139. The molecule has 276 valence electrons. The molecule has 0 spiro atoms.